The maximum Gasteiger partial charge on any atom is 0.518 e. The van der Waals surface area contributed by atoms with Gasteiger partial charge in [-0.15, -0.1) is 0 Å². The van der Waals surface area contributed by atoms with E-state index in [0.717, 1.165) is 57.8 Å². The van der Waals surface area contributed by atoms with Crippen molar-refractivity contribution in [1.82, 2.24) is 0 Å². The van der Waals surface area contributed by atoms with Gasteiger partial charge in [-0.25, -0.2) is 0 Å². The maximum atomic E-state index is 14.6. The third-order valence-corrected chi connectivity index (χ3v) is 13.5. The Morgan fingerprint density at radius 3 is 1.12 bits per heavy atom. The summed E-state index contributed by atoms with van der Waals surface area (Å²) in [5.41, 5.74) is 0. The number of unbranched alkanes of at least 4 members (excludes halogenated alkanes) is 32. The largest absolute Gasteiger partial charge is 0.518 e. The summed E-state index contributed by atoms with van der Waals surface area (Å²) in [4.78, 5) is 14.6. The van der Waals surface area contributed by atoms with Crippen molar-refractivity contribution in [2.45, 2.75) is 302 Å². The van der Waals surface area contributed by atoms with Gasteiger partial charge >= 0.3 is 6.09 Å². The van der Waals surface area contributed by atoms with Gasteiger partial charge in [-0.1, -0.05) is 220 Å². The SMILES string of the molecule is CCCCCCCCCCCCCCCCCCC(CCCCCCCCCCC)[N+](CCCCCCCCCCCC)(C(=O)OCC)C1O[C@H](CO)[C@@H](O)[C@H](O)[C@H]1O. The summed E-state index contributed by atoms with van der Waals surface area (Å²) in [6.07, 6.45) is 38.0. The lowest BCUT2D eigenvalue weighted by Crippen LogP contribution is -2.74. The van der Waals surface area contributed by atoms with Crippen molar-refractivity contribution >= 4 is 6.09 Å². The Bertz CT molecular complexity index is 921. The summed E-state index contributed by atoms with van der Waals surface area (Å²) in [6.45, 7) is 8.75. The molecular weight excluding hydrogens is 739 g/mol. The van der Waals surface area contributed by atoms with Crippen LogP contribution in [-0.2, 0) is 9.47 Å². The summed E-state index contributed by atoms with van der Waals surface area (Å²) in [7, 11) is 0. The lowest BCUT2D eigenvalue weighted by molar-refractivity contribution is -0.937. The third-order valence-electron chi connectivity index (χ3n) is 13.5. The van der Waals surface area contributed by atoms with Crippen LogP contribution in [0.1, 0.15) is 265 Å². The Kier molecular flexibility index (Phi) is 37.1. The Morgan fingerprint density at radius 1 is 0.475 bits per heavy atom. The summed E-state index contributed by atoms with van der Waals surface area (Å²) >= 11 is 0. The van der Waals surface area contributed by atoms with Gasteiger partial charge in [0, 0.05) is 12.8 Å². The first-order valence-electron chi connectivity index (χ1n) is 26.2. The first kappa shape index (κ1) is 56.2. The second kappa shape index (κ2) is 38.9. The van der Waals surface area contributed by atoms with Gasteiger partial charge in [0.1, 0.15) is 24.4 Å². The summed E-state index contributed by atoms with van der Waals surface area (Å²) in [6, 6.07) is -0.162. The molecule has 59 heavy (non-hydrogen) atoms. The fourth-order valence-corrected chi connectivity index (χ4v) is 9.65. The number of amides is 1. The Morgan fingerprint density at radius 2 is 0.797 bits per heavy atom. The first-order chi connectivity index (χ1) is 28.8. The van der Waals surface area contributed by atoms with E-state index in [4.69, 9.17) is 9.47 Å². The molecule has 1 heterocycles. The highest BCUT2D eigenvalue weighted by atomic mass is 16.6. The molecule has 1 aliphatic heterocycles. The molecule has 7 atom stereocenters. The Balaban J connectivity index is 3.04. The van der Waals surface area contributed by atoms with Gasteiger partial charge in [0.25, 0.3) is 0 Å². The van der Waals surface area contributed by atoms with Crippen molar-refractivity contribution in [3.8, 4) is 0 Å². The number of carbonyl (C=O) groups excluding carboxylic acids is 1. The van der Waals surface area contributed by atoms with Crippen molar-refractivity contribution < 1.29 is 39.2 Å². The zero-order chi connectivity index (χ0) is 43.2. The molecule has 1 rings (SSSR count). The fraction of sp³-hybridized carbons (Fsp3) is 0.980. The van der Waals surface area contributed by atoms with E-state index in [1.54, 1.807) is 0 Å². The van der Waals surface area contributed by atoms with Gasteiger partial charge in [0.15, 0.2) is 6.10 Å². The molecule has 1 aliphatic rings. The molecule has 0 aliphatic carbocycles. The quantitative estimate of drug-likeness (QED) is 0.0357. The normalized spacial score (nSPS) is 21.1. The van der Waals surface area contributed by atoms with Crippen LogP contribution in [0.3, 0.4) is 0 Å². The molecule has 0 saturated carbocycles. The number of hydrogen-bond acceptors (Lipinski definition) is 7. The lowest BCUT2D eigenvalue weighted by atomic mass is 9.91. The minimum atomic E-state index is -1.53. The number of quaternary nitrogens is 1. The summed E-state index contributed by atoms with van der Waals surface area (Å²) in [5, 5.41) is 43.8. The van der Waals surface area contributed by atoms with E-state index < -0.39 is 43.3 Å². The molecule has 8 nitrogen and oxygen atoms in total. The highest BCUT2D eigenvalue weighted by molar-refractivity contribution is 5.60. The minimum Gasteiger partial charge on any atom is -0.420 e. The zero-order valence-corrected chi connectivity index (χ0v) is 39.7. The predicted molar refractivity (Wildman–Crippen MR) is 248 cm³/mol. The number of ether oxygens (including phenoxy) is 2. The number of nitrogens with zero attached hydrogens (tertiary/aromatic N) is 1. The van der Waals surface area contributed by atoms with Crippen LogP contribution in [0.4, 0.5) is 4.79 Å². The van der Waals surface area contributed by atoms with Crippen molar-refractivity contribution in [1.29, 1.82) is 0 Å². The topological polar surface area (TPSA) is 116 Å². The molecule has 0 aromatic carbocycles. The molecule has 3 unspecified atom stereocenters. The average Bonchev–Trinajstić information content (AvgIpc) is 3.24. The molecule has 352 valence electrons. The third kappa shape index (κ3) is 24.6. The Hall–Kier alpha value is -0.770. The van der Waals surface area contributed by atoms with E-state index in [1.165, 1.54) is 180 Å². The minimum absolute atomic E-state index is 0.162. The smallest absolute Gasteiger partial charge is 0.420 e. The molecular formula is C51H102NO7+. The van der Waals surface area contributed by atoms with E-state index in [9.17, 15) is 25.2 Å². The van der Waals surface area contributed by atoms with Gasteiger partial charge in [-0.05, 0) is 32.6 Å². The van der Waals surface area contributed by atoms with E-state index >= 15 is 0 Å². The van der Waals surface area contributed by atoms with Crippen molar-refractivity contribution in [3.05, 3.63) is 0 Å². The molecule has 1 fully saturated rings. The number of hydrogen-bond donors (Lipinski definition) is 4. The molecule has 0 radical (unpaired) electrons. The summed E-state index contributed by atoms with van der Waals surface area (Å²) < 4.78 is 12.1. The van der Waals surface area contributed by atoms with Crippen molar-refractivity contribution in [3.63, 3.8) is 0 Å². The van der Waals surface area contributed by atoms with Crippen LogP contribution < -0.4 is 0 Å². The molecule has 0 spiro atoms. The highest BCUT2D eigenvalue weighted by Gasteiger charge is 2.60. The van der Waals surface area contributed by atoms with E-state index in [-0.39, 0.29) is 17.1 Å². The monoisotopic (exact) mass is 841 g/mol. The van der Waals surface area contributed by atoms with Crippen molar-refractivity contribution in [2.24, 2.45) is 0 Å². The molecule has 0 aromatic heterocycles. The van der Waals surface area contributed by atoms with Gasteiger partial charge in [0.2, 0.25) is 6.23 Å². The van der Waals surface area contributed by atoms with E-state index in [2.05, 4.69) is 20.8 Å². The van der Waals surface area contributed by atoms with Gasteiger partial charge in [0.05, 0.1) is 19.8 Å². The van der Waals surface area contributed by atoms with Crippen LogP contribution in [0, 0.1) is 0 Å². The second-order valence-electron chi connectivity index (χ2n) is 18.6. The van der Waals surface area contributed by atoms with Crippen molar-refractivity contribution in [2.75, 3.05) is 19.8 Å². The molecule has 1 saturated heterocycles. The van der Waals surface area contributed by atoms with E-state index in [0.29, 0.717) is 6.54 Å². The van der Waals surface area contributed by atoms with Crippen LogP contribution in [0.2, 0.25) is 0 Å². The predicted octanol–water partition coefficient (Wildman–Crippen LogP) is 13.6. The van der Waals surface area contributed by atoms with Gasteiger partial charge in [-0.2, -0.15) is 9.28 Å². The average molecular weight is 841 g/mol. The zero-order valence-electron chi connectivity index (χ0n) is 39.7. The maximum absolute atomic E-state index is 14.6. The van der Waals surface area contributed by atoms with Gasteiger partial charge < -0.3 is 29.9 Å². The molecule has 1 amide bonds. The second-order valence-corrected chi connectivity index (χ2v) is 18.6. The summed E-state index contributed by atoms with van der Waals surface area (Å²) in [5.74, 6) is 0. The molecule has 4 N–H and O–H groups in total. The van der Waals surface area contributed by atoms with Gasteiger partial charge in [-0.3, -0.25) is 0 Å². The first-order valence-corrected chi connectivity index (χ1v) is 26.2. The number of rotatable bonds is 42. The van der Waals surface area contributed by atoms with Crippen LogP contribution in [0.15, 0.2) is 0 Å². The molecule has 0 bridgehead atoms. The lowest BCUT2D eigenvalue weighted by Gasteiger charge is -2.51. The van der Waals surface area contributed by atoms with Crippen LogP contribution in [0.5, 0.6) is 0 Å². The molecule has 0 aromatic rings. The highest BCUT2D eigenvalue weighted by Crippen LogP contribution is 2.37. The number of carbonyl (C=O) groups is 1. The van der Waals surface area contributed by atoms with Crippen LogP contribution >= 0.6 is 0 Å². The molecule has 8 heteroatoms. The number of aliphatic hydroxyl groups is 4. The number of aliphatic hydroxyl groups excluding tert-OH is 4. The van der Waals surface area contributed by atoms with Crippen LogP contribution in [-0.4, -0.2) is 87.4 Å². The standard InChI is InChI=1S/C51H102NO7/c1-5-9-12-15-18-21-23-24-25-26-27-28-30-33-36-39-42-45(41-38-35-32-29-20-17-14-11-7-3)52(51(57)58-8-4,43-40-37-34-31-22-19-16-13-10-6-2)50-49(56)48(55)47(54)46(44-53)59-50/h45-50,53-56H,5-44H2,1-4H3/q+1/t45?,46-,47-,48+,49-,50?,52?/m1/s1. The van der Waals surface area contributed by atoms with Crippen LogP contribution in [0.25, 0.3) is 0 Å². The fourth-order valence-electron chi connectivity index (χ4n) is 9.65. The Labute approximate surface area is 366 Å². The van der Waals surface area contributed by atoms with E-state index in [1.807, 2.05) is 6.92 Å².